The van der Waals surface area contributed by atoms with E-state index in [0.717, 1.165) is 28.8 Å². The van der Waals surface area contributed by atoms with E-state index >= 15 is 0 Å². The largest absolute Gasteiger partial charge is 0.506 e. The maximum Gasteiger partial charge on any atom is 0.416 e. The minimum atomic E-state index is -5.08. The van der Waals surface area contributed by atoms with Crippen molar-refractivity contribution in [1.82, 2.24) is 8.83 Å². The average Bonchev–Trinajstić information content (AvgIpc) is 3.43. The molecular formula is C35H33F3N4O8S2. The molecular weight excluding hydrogens is 726 g/mol. The van der Waals surface area contributed by atoms with Gasteiger partial charge in [-0.15, -0.1) is 8.83 Å². The van der Waals surface area contributed by atoms with Crippen molar-refractivity contribution in [3.05, 3.63) is 118 Å². The number of phenolic OH excluding ortho intramolecular Hbond substituents is 2. The van der Waals surface area contributed by atoms with Gasteiger partial charge in [-0.1, -0.05) is 48.0 Å². The van der Waals surface area contributed by atoms with Crippen LogP contribution in [0.1, 0.15) is 38.9 Å². The first kappa shape index (κ1) is 36.5. The maximum atomic E-state index is 13.7. The van der Waals surface area contributed by atoms with Gasteiger partial charge in [-0.05, 0) is 104 Å². The number of hydrazine groups is 1. The highest BCUT2D eigenvalue weighted by atomic mass is 32.2. The molecule has 0 atom stereocenters. The molecule has 2 N–H and O–H groups in total. The number of benzene rings is 4. The van der Waals surface area contributed by atoms with E-state index in [9.17, 15) is 49.8 Å². The van der Waals surface area contributed by atoms with Crippen molar-refractivity contribution in [1.29, 1.82) is 0 Å². The quantitative estimate of drug-likeness (QED) is 0.249. The van der Waals surface area contributed by atoms with Gasteiger partial charge in [0, 0.05) is 0 Å². The summed E-state index contributed by atoms with van der Waals surface area (Å²) < 4.78 is 93.9. The van der Waals surface area contributed by atoms with Gasteiger partial charge in [-0.25, -0.2) is 8.61 Å². The van der Waals surface area contributed by atoms with Crippen LogP contribution in [-0.2, 0) is 61.9 Å². The lowest BCUT2D eigenvalue weighted by atomic mass is 9.99. The highest BCUT2D eigenvalue weighted by Crippen LogP contribution is 2.40. The Labute approximate surface area is 298 Å². The third kappa shape index (κ3) is 6.85. The van der Waals surface area contributed by atoms with E-state index in [0.29, 0.717) is 44.6 Å². The third-order valence-electron chi connectivity index (χ3n) is 8.93. The average molecular weight is 759 g/mol. The molecule has 0 spiro atoms. The summed E-state index contributed by atoms with van der Waals surface area (Å²) in [6, 6.07) is 18.7. The van der Waals surface area contributed by atoms with Crippen LogP contribution in [0.25, 0.3) is 0 Å². The van der Waals surface area contributed by atoms with Gasteiger partial charge in [0.2, 0.25) is 0 Å². The number of aryl methyl sites for hydroxylation is 6. The summed E-state index contributed by atoms with van der Waals surface area (Å²) in [6.07, 6.45) is -2.77. The molecule has 0 radical (unpaired) electrons. The van der Waals surface area contributed by atoms with Crippen LogP contribution in [-0.4, -0.2) is 60.8 Å². The van der Waals surface area contributed by atoms with E-state index in [-0.39, 0.29) is 26.6 Å². The van der Waals surface area contributed by atoms with Gasteiger partial charge in [0.25, 0.3) is 11.8 Å². The Morgan fingerprint density at radius 3 is 1.50 bits per heavy atom. The molecule has 2 saturated heterocycles. The second-order valence-electron chi connectivity index (χ2n) is 12.6. The first-order valence-corrected chi connectivity index (χ1v) is 18.7. The molecule has 2 fully saturated rings. The second-order valence-corrected chi connectivity index (χ2v) is 15.9. The molecule has 4 aromatic rings. The SMILES string of the molecule is Cc1ccc(CCc2ccc(N3CC(=O)N(N4C(=O)CN(c5ccc(CCc6ccc(C(F)(F)F)cc6)cc5O)S4(=O)=O)S3(=O)=O)c(O)c2)c(C)c1. The predicted molar refractivity (Wildman–Crippen MR) is 185 cm³/mol. The van der Waals surface area contributed by atoms with Crippen molar-refractivity contribution >= 4 is 43.6 Å². The third-order valence-corrected chi connectivity index (χ3v) is 12.4. The van der Waals surface area contributed by atoms with E-state index in [4.69, 9.17) is 0 Å². The number of carbonyl (C=O) groups excluding carboxylic acids is 2. The Balaban J connectivity index is 1.17. The molecule has 2 aliphatic heterocycles. The van der Waals surface area contributed by atoms with Gasteiger partial charge in [0.15, 0.2) is 0 Å². The number of halogens is 3. The zero-order valence-corrected chi connectivity index (χ0v) is 29.5. The van der Waals surface area contributed by atoms with Crippen LogP contribution in [0.5, 0.6) is 11.5 Å². The van der Waals surface area contributed by atoms with E-state index < -0.39 is 68.6 Å². The molecule has 52 heavy (non-hydrogen) atoms. The second kappa shape index (κ2) is 13.4. The van der Waals surface area contributed by atoms with Gasteiger partial charge in [-0.2, -0.15) is 30.0 Å². The van der Waals surface area contributed by atoms with Crippen LogP contribution in [0.4, 0.5) is 24.5 Å². The lowest BCUT2D eigenvalue weighted by molar-refractivity contribution is -0.140. The van der Waals surface area contributed by atoms with E-state index in [1.54, 1.807) is 6.07 Å². The zero-order valence-electron chi connectivity index (χ0n) is 27.8. The van der Waals surface area contributed by atoms with Crippen LogP contribution in [0.3, 0.4) is 0 Å². The molecule has 17 heteroatoms. The number of anilines is 2. The van der Waals surface area contributed by atoms with Gasteiger partial charge in [0.05, 0.1) is 16.9 Å². The number of amides is 2. The minimum absolute atomic E-state index is 0.159. The minimum Gasteiger partial charge on any atom is -0.506 e. The standard InChI is InChI=1S/C35H33F3N4O8S2/c1-22-3-11-27(23(2)17-22)12-6-26-10-16-30(32(44)19-26)40-21-34(46)42(52(40,49)50)41-33(45)20-39(51(41,47)48)29-15-9-25(18-31(29)43)5-4-24-7-13-28(14-8-24)35(36,37)38/h3,7-11,13-19,43-44H,4-6,12,20-21H2,1-2H3. The van der Waals surface area contributed by atoms with Crippen molar-refractivity contribution in [3.63, 3.8) is 0 Å². The zero-order chi connectivity index (χ0) is 37.7. The number of hydrogen-bond acceptors (Lipinski definition) is 8. The summed E-state index contributed by atoms with van der Waals surface area (Å²) in [7, 11) is -10.1. The Hall–Kier alpha value is -5.29. The van der Waals surface area contributed by atoms with Crippen molar-refractivity contribution in [2.24, 2.45) is 0 Å². The first-order chi connectivity index (χ1) is 24.4. The monoisotopic (exact) mass is 758 g/mol. The van der Waals surface area contributed by atoms with Crippen molar-refractivity contribution in [2.75, 3.05) is 21.7 Å². The van der Waals surface area contributed by atoms with Crippen LogP contribution in [0, 0.1) is 13.8 Å². The van der Waals surface area contributed by atoms with Crippen LogP contribution < -0.4 is 8.61 Å². The van der Waals surface area contributed by atoms with Crippen LogP contribution >= 0.6 is 0 Å². The van der Waals surface area contributed by atoms with Crippen LogP contribution in [0.15, 0.2) is 78.9 Å². The molecule has 0 saturated carbocycles. The fraction of sp³-hybridized carbons (Fsp3) is 0.257. The fourth-order valence-electron chi connectivity index (χ4n) is 6.21. The van der Waals surface area contributed by atoms with Crippen molar-refractivity contribution in [2.45, 2.75) is 45.7 Å². The summed E-state index contributed by atoms with van der Waals surface area (Å²) in [5.41, 5.74) is 3.63. The van der Waals surface area contributed by atoms with E-state index in [1.807, 2.05) is 26.0 Å². The number of alkyl halides is 3. The number of nitrogens with zero attached hydrogens (tertiary/aromatic N) is 4. The van der Waals surface area contributed by atoms with Gasteiger partial charge < -0.3 is 10.2 Å². The summed E-state index contributed by atoms with van der Waals surface area (Å²) in [4.78, 5) is 26.3. The van der Waals surface area contributed by atoms with Gasteiger partial charge >= 0.3 is 26.6 Å². The molecule has 4 aromatic carbocycles. The number of aromatic hydroxyl groups is 2. The Morgan fingerprint density at radius 1 is 0.615 bits per heavy atom. The number of hydrogen-bond donors (Lipinski definition) is 2. The summed E-state index contributed by atoms with van der Waals surface area (Å²) >= 11 is 0. The fourth-order valence-corrected chi connectivity index (χ4v) is 9.63. The predicted octanol–water partition coefficient (Wildman–Crippen LogP) is 4.71. The Kier molecular flexibility index (Phi) is 9.38. The number of rotatable bonds is 9. The highest BCUT2D eigenvalue weighted by Gasteiger charge is 2.57. The Morgan fingerprint density at radius 2 is 1.06 bits per heavy atom. The first-order valence-electron chi connectivity index (χ1n) is 16.0. The maximum absolute atomic E-state index is 13.7. The van der Waals surface area contributed by atoms with Crippen molar-refractivity contribution < 1.29 is 49.8 Å². The molecule has 274 valence electrons. The number of carbonyl (C=O) groups is 2. The van der Waals surface area contributed by atoms with Gasteiger partial charge in [0.1, 0.15) is 24.6 Å². The molecule has 0 aromatic heterocycles. The highest BCUT2D eigenvalue weighted by molar-refractivity contribution is 7.94. The molecule has 0 aliphatic carbocycles. The lowest BCUT2D eigenvalue weighted by Gasteiger charge is -2.26. The summed E-state index contributed by atoms with van der Waals surface area (Å²) in [5.74, 6) is -3.63. The molecule has 2 heterocycles. The smallest absolute Gasteiger partial charge is 0.416 e. The molecule has 2 aliphatic rings. The summed E-state index contributed by atoms with van der Waals surface area (Å²) in [6.45, 7) is 2.13. The van der Waals surface area contributed by atoms with E-state index in [1.165, 1.54) is 42.5 Å². The molecule has 6 rings (SSSR count). The molecule has 0 unspecified atom stereocenters. The lowest BCUT2D eigenvalue weighted by Crippen LogP contribution is -2.51. The Bertz CT molecular complexity index is 2300. The van der Waals surface area contributed by atoms with E-state index in [2.05, 4.69) is 6.07 Å². The topological polar surface area (TPSA) is 156 Å². The molecule has 0 bridgehead atoms. The normalized spacial score (nSPS) is 17.0. The molecule has 2 amide bonds. The van der Waals surface area contributed by atoms with Gasteiger partial charge in [-0.3, -0.25) is 9.59 Å². The molecule has 12 nitrogen and oxygen atoms in total. The van der Waals surface area contributed by atoms with Crippen molar-refractivity contribution in [3.8, 4) is 11.5 Å². The summed E-state index contributed by atoms with van der Waals surface area (Å²) in [5, 5.41) is 21.6. The van der Waals surface area contributed by atoms with Crippen LogP contribution in [0.2, 0.25) is 0 Å². The number of phenols is 2.